The summed E-state index contributed by atoms with van der Waals surface area (Å²) >= 11 is 0. The molecule has 1 aliphatic rings. The number of rotatable bonds is 7. The van der Waals surface area contributed by atoms with E-state index in [-0.39, 0.29) is 24.1 Å². The lowest BCUT2D eigenvalue weighted by atomic mass is 10.1. The molecule has 0 radical (unpaired) electrons. The number of benzene rings is 1. The van der Waals surface area contributed by atoms with E-state index in [9.17, 15) is 9.59 Å². The van der Waals surface area contributed by atoms with E-state index < -0.39 is 0 Å². The van der Waals surface area contributed by atoms with Crippen molar-refractivity contribution in [1.82, 2.24) is 10.6 Å². The number of hydrogen-bond acceptors (Lipinski definition) is 3. The van der Waals surface area contributed by atoms with Crippen LogP contribution in [0.15, 0.2) is 18.2 Å². The molecule has 0 unspecified atom stereocenters. The molecule has 1 heterocycles. The molecule has 0 aromatic heterocycles. The minimum atomic E-state index is -0.232. The first-order valence-electron chi connectivity index (χ1n) is 8.90. The molecule has 1 saturated heterocycles. The highest BCUT2D eigenvalue weighted by Crippen LogP contribution is 2.24. The van der Waals surface area contributed by atoms with Gasteiger partial charge < -0.3 is 20.3 Å². The van der Waals surface area contributed by atoms with Crippen LogP contribution >= 0.6 is 0 Å². The predicted octanol–water partition coefficient (Wildman–Crippen LogP) is 2.52. The van der Waals surface area contributed by atoms with Crippen LogP contribution < -0.4 is 15.5 Å². The molecule has 0 aliphatic carbocycles. The summed E-state index contributed by atoms with van der Waals surface area (Å²) in [6, 6.07) is 5.59. The normalized spacial score (nSPS) is 17.2. The molecule has 1 fully saturated rings. The van der Waals surface area contributed by atoms with Crippen LogP contribution in [0.4, 0.5) is 10.5 Å². The van der Waals surface area contributed by atoms with E-state index in [1.54, 1.807) is 4.90 Å². The second-order valence-corrected chi connectivity index (χ2v) is 6.85. The fraction of sp³-hybridized carbons (Fsp3) is 0.579. The molecule has 6 nitrogen and oxygen atoms in total. The van der Waals surface area contributed by atoms with Crippen LogP contribution in [0.2, 0.25) is 0 Å². The summed E-state index contributed by atoms with van der Waals surface area (Å²) in [4.78, 5) is 26.0. The Morgan fingerprint density at radius 3 is 2.76 bits per heavy atom. The molecule has 25 heavy (non-hydrogen) atoms. The Balaban J connectivity index is 1.78. The molecule has 0 spiro atoms. The predicted molar refractivity (Wildman–Crippen MR) is 98.9 cm³/mol. The highest BCUT2D eigenvalue weighted by Gasteiger charge is 2.31. The molecule has 1 aromatic carbocycles. The van der Waals surface area contributed by atoms with Crippen LogP contribution in [0, 0.1) is 13.8 Å². The fourth-order valence-corrected chi connectivity index (χ4v) is 2.78. The van der Waals surface area contributed by atoms with Crippen molar-refractivity contribution in [2.24, 2.45) is 0 Å². The maximum Gasteiger partial charge on any atom is 0.315 e. The molecule has 1 aromatic rings. The number of hydrogen-bond donors (Lipinski definition) is 2. The molecule has 0 bridgehead atoms. The first-order valence-corrected chi connectivity index (χ1v) is 8.90. The van der Waals surface area contributed by atoms with Crippen LogP contribution in [0.1, 0.15) is 37.8 Å². The number of anilines is 1. The van der Waals surface area contributed by atoms with Crippen LogP contribution in [0.25, 0.3) is 0 Å². The zero-order chi connectivity index (χ0) is 18.4. The highest BCUT2D eigenvalue weighted by molar-refractivity contribution is 5.96. The average molecular weight is 347 g/mol. The van der Waals surface area contributed by atoms with E-state index in [0.717, 1.165) is 17.7 Å². The van der Waals surface area contributed by atoms with E-state index in [4.69, 9.17) is 4.74 Å². The first kappa shape index (κ1) is 19.2. The molecule has 2 rings (SSSR count). The van der Waals surface area contributed by atoms with E-state index >= 15 is 0 Å². The van der Waals surface area contributed by atoms with Gasteiger partial charge in [-0.25, -0.2) is 4.79 Å². The molecular formula is C19H29N3O3. The number of ether oxygens (including phenoxy) is 1. The molecule has 1 aliphatic heterocycles. The number of amides is 3. The first-order chi connectivity index (χ1) is 11.9. The van der Waals surface area contributed by atoms with Gasteiger partial charge in [-0.3, -0.25) is 4.79 Å². The quantitative estimate of drug-likeness (QED) is 0.745. The van der Waals surface area contributed by atoms with E-state index in [0.29, 0.717) is 26.1 Å². The molecule has 0 saturated carbocycles. The Kier molecular flexibility index (Phi) is 6.82. The van der Waals surface area contributed by atoms with Crippen molar-refractivity contribution in [3.8, 4) is 0 Å². The van der Waals surface area contributed by atoms with Crippen molar-refractivity contribution in [3.05, 3.63) is 29.3 Å². The molecule has 6 heteroatoms. The van der Waals surface area contributed by atoms with Gasteiger partial charge in [0, 0.05) is 31.8 Å². The second kappa shape index (κ2) is 8.85. The number of nitrogens with zero attached hydrogens (tertiary/aromatic N) is 1. The third kappa shape index (κ3) is 5.74. The zero-order valence-electron chi connectivity index (χ0n) is 15.6. The molecule has 138 valence electrons. The van der Waals surface area contributed by atoms with Gasteiger partial charge >= 0.3 is 6.03 Å². The Morgan fingerprint density at radius 1 is 1.32 bits per heavy atom. The molecule has 2 N–H and O–H groups in total. The van der Waals surface area contributed by atoms with Gasteiger partial charge in [0.1, 0.15) is 0 Å². The maximum atomic E-state index is 12.3. The van der Waals surface area contributed by atoms with Crippen molar-refractivity contribution in [1.29, 1.82) is 0 Å². The maximum absolute atomic E-state index is 12.3. The fourth-order valence-electron chi connectivity index (χ4n) is 2.78. The number of carbonyl (C=O) groups excluding carboxylic acids is 2. The van der Waals surface area contributed by atoms with Crippen molar-refractivity contribution >= 4 is 17.6 Å². The van der Waals surface area contributed by atoms with Gasteiger partial charge in [0.2, 0.25) is 5.91 Å². The molecule has 1 atom stereocenters. The lowest BCUT2D eigenvalue weighted by Crippen LogP contribution is -2.43. The van der Waals surface area contributed by atoms with Crippen molar-refractivity contribution in [2.75, 3.05) is 24.6 Å². The van der Waals surface area contributed by atoms with Crippen LogP contribution in [-0.4, -0.2) is 43.8 Å². The minimum absolute atomic E-state index is 0.0406. The SMILES string of the molecule is Cc1ccc(N2C[C@H](NC(=O)NCCCOC(C)C)CC2=O)cc1C. The van der Waals surface area contributed by atoms with Crippen LogP contribution in [0.3, 0.4) is 0 Å². The third-order valence-corrected chi connectivity index (χ3v) is 4.32. The van der Waals surface area contributed by atoms with E-state index in [1.165, 1.54) is 5.56 Å². The summed E-state index contributed by atoms with van der Waals surface area (Å²) < 4.78 is 5.43. The van der Waals surface area contributed by atoms with Gasteiger partial charge in [0.15, 0.2) is 0 Å². The Bertz CT molecular complexity index is 616. The summed E-state index contributed by atoms with van der Waals surface area (Å²) in [5.74, 6) is 0.0406. The van der Waals surface area contributed by atoms with E-state index in [1.807, 2.05) is 45.9 Å². The minimum Gasteiger partial charge on any atom is -0.379 e. The van der Waals surface area contributed by atoms with Crippen molar-refractivity contribution < 1.29 is 14.3 Å². The second-order valence-electron chi connectivity index (χ2n) is 6.85. The lowest BCUT2D eigenvalue weighted by molar-refractivity contribution is -0.117. The number of nitrogens with one attached hydrogen (secondary N) is 2. The summed E-state index contributed by atoms with van der Waals surface area (Å²) in [6.07, 6.45) is 1.30. The van der Waals surface area contributed by atoms with Crippen molar-refractivity contribution in [3.63, 3.8) is 0 Å². The Hall–Kier alpha value is -2.08. The van der Waals surface area contributed by atoms with Gasteiger partial charge in [-0.05, 0) is 57.4 Å². The van der Waals surface area contributed by atoms with Gasteiger partial charge in [-0.2, -0.15) is 0 Å². The largest absolute Gasteiger partial charge is 0.379 e. The number of carbonyl (C=O) groups is 2. The van der Waals surface area contributed by atoms with Gasteiger partial charge in [0.25, 0.3) is 0 Å². The monoisotopic (exact) mass is 347 g/mol. The Morgan fingerprint density at radius 2 is 2.08 bits per heavy atom. The number of aryl methyl sites for hydroxylation is 2. The van der Waals surface area contributed by atoms with Gasteiger partial charge in [-0.1, -0.05) is 6.07 Å². The van der Waals surface area contributed by atoms with Crippen LogP contribution in [-0.2, 0) is 9.53 Å². The lowest BCUT2D eigenvalue weighted by Gasteiger charge is -2.18. The molecular weight excluding hydrogens is 318 g/mol. The number of urea groups is 1. The topological polar surface area (TPSA) is 70.7 Å². The van der Waals surface area contributed by atoms with Crippen molar-refractivity contribution in [2.45, 2.75) is 52.7 Å². The smallest absolute Gasteiger partial charge is 0.315 e. The van der Waals surface area contributed by atoms with Crippen LogP contribution in [0.5, 0.6) is 0 Å². The third-order valence-electron chi connectivity index (χ3n) is 4.32. The zero-order valence-corrected chi connectivity index (χ0v) is 15.6. The summed E-state index contributed by atoms with van der Waals surface area (Å²) in [7, 11) is 0. The average Bonchev–Trinajstić information content (AvgIpc) is 2.89. The van der Waals surface area contributed by atoms with Gasteiger partial charge in [-0.15, -0.1) is 0 Å². The molecule has 3 amide bonds. The van der Waals surface area contributed by atoms with E-state index in [2.05, 4.69) is 10.6 Å². The summed E-state index contributed by atoms with van der Waals surface area (Å²) in [6.45, 7) is 9.74. The summed E-state index contributed by atoms with van der Waals surface area (Å²) in [5.41, 5.74) is 3.25. The standard InChI is InChI=1S/C19H29N3O3/c1-13(2)25-9-5-8-20-19(24)21-16-11-18(23)22(12-16)17-7-6-14(3)15(4)10-17/h6-7,10,13,16H,5,8-9,11-12H2,1-4H3,(H2,20,21,24)/t16-/m1/s1. The highest BCUT2D eigenvalue weighted by atomic mass is 16.5. The van der Waals surface area contributed by atoms with Gasteiger partial charge in [0.05, 0.1) is 12.1 Å². The Labute approximate surface area is 149 Å². The summed E-state index contributed by atoms with van der Waals surface area (Å²) in [5, 5.41) is 5.69.